The fraction of sp³-hybridized carbons (Fsp3) is 0.600. The molecule has 0 atom stereocenters. The normalized spacial score (nSPS) is 17.7. The van der Waals surface area contributed by atoms with E-state index in [1.807, 2.05) is 24.3 Å². The molecule has 112 valence electrons. The summed E-state index contributed by atoms with van der Waals surface area (Å²) in [5.41, 5.74) is -0.00998. The van der Waals surface area contributed by atoms with Crippen LogP contribution in [0.25, 0.3) is 0 Å². The first-order valence-corrected chi connectivity index (χ1v) is 7.48. The van der Waals surface area contributed by atoms with Gasteiger partial charge in [0.1, 0.15) is 6.61 Å². The van der Waals surface area contributed by atoms with Gasteiger partial charge in [0.05, 0.1) is 7.11 Å². The van der Waals surface area contributed by atoms with Crippen LogP contribution in [-0.2, 0) is 4.74 Å². The first-order chi connectivity index (χ1) is 9.79. The van der Waals surface area contributed by atoms with Crippen LogP contribution >= 0.6 is 11.6 Å². The van der Waals surface area contributed by atoms with Crippen LogP contribution in [0.5, 0.6) is 11.5 Å². The van der Waals surface area contributed by atoms with Gasteiger partial charge in [-0.05, 0) is 25.0 Å². The number of hydrogen-bond donors (Lipinski definition) is 1. The third kappa shape index (κ3) is 4.01. The largest absolute Gasteiger partial charge is 0.493 e. The molecule has 1 N–H and O–H groups in total. The van der Waals surface area contributed by atoms with E-state index in [1.54, 1.807) is 7.11 Å². The molecule has 20 heavy (non-hydrogen) atoms. The molecule has 1 aliphatic heterocycles. The lowest BCUT2D eigenvalue weighted by molar-refractivity contribution is 0.0453. The molecule has 1 saturated heterocycles. The number of benzene rings is 1. The van der Waals surface area contributed by atoms with Crippen molar-refractivity contribution in [2.45, 2.75) is 18.4 Å². The van der Waals surface area contributed by atoms with E-state index in [9.17, 15) is 0 Å². The third-order valence-corrected chi connectivity index (χ3v) is 4.15. The monoisotopic (exact) mass is 299 g/mol. The average Bonchev–Trinajstić information content (AvgIpc) is 2.53. The van der Waals surface area contributed by atoms with E-state index in [-0.39, 0.29) is 5.54 Å². The number of hydrogen-bond acceptors (Lipinski definition) is 4. The Morgan fingerprint density at radius 1 is 1.25 bits per heavy atom. The van der Waals surface area contributed by atoms with E-state index < -0.39 is 0 Å². The molecule has 4 nitrogen and oxygen atoms in total. The van der Waals surface area contributed by atoms with Gasteiger partial charge < -0.3 is 19.5 Å². The molecule has 2 rings (SSSR count). The van der Waals surface area contributed by atoms with Gasteiger partial charge in [0.2, 0.25) is 0 Å². The van der Waals surface area contributed by atoms with Crippen molar-refractivity contribution in [2.24, 2.45) is 0 Å². The smallest absolute Gasteiger partial charge is 0.161 e. The van der Waals surface area contributed by atoms with E-state index in [0.29, 0.717) is 12.5 Å². The topological polar surface area (TPSA) is 39.7 Å². The van der Waals surface area contributed by atoms with Crippen molar-refractivity contribution in [3.63, 3.8) is 0 Å². The minimum atomic E-state index is -0.00998. The maximum absolute atomic E-state index is 6.10. The van der Waals surface area contributed by atoms with Crippen molar-refractivity contribution in [1.29, 1.82) is 0 Å². The Hall–Kier alpha value is -0.970. The zero-order valence-corrected chi connectivity index (χ0v) is 12.6. The van der Waals surface area contributed by atoms with Crippen molar-refractivity contribution in [2.75, 3.05) is 39.4 Å². The van der Waals surface area contributed by atoms with Gasteiger partial charge >= 0.3 is 0 Å². The molecule has 0 aliphatic carbocycles. The van der Waals surface area contributed by atoms with Crippen LogP contribution in [0.4, 0.5) is 0 Å². The number of para-hydroxylation sites is 2. The number of halogens is 1. The lowest BCUT2D eigenvalue weighted by Crippen LogP contribution is -2.52. The van der Waals surface area contributed by atoms with Crippen molar-refractivity contribution < 1.29 is 14.2 Å². The first-order valence-electron chi connectivity index (χ1n) is 6.94. The Labute approximate surface area is 125 Å². The summed E-state index contributed by atoms with van der Waals surface area (Å²) < 4.78 is 16.4. The average molecular weight is 300 g/mol. The summed E-state index contributed by atoms with van der Waals surface area (Å²) in [5.74, 6) is 2.12. The van der Waals surface area contributed by atoms with Crippen LogP contribution in [0, 0.1) is 0 Å². The molecule has 1 aromatic carbocycles. The van der Waals surface area contributed by atoms with Crippen LogP contribution in [0.3, 0.4) is 0 Å². The molecule has 0 amide bonds. The van der Waals surface area contributed by atoms with Gasteiger partial charge in [-0.1, -0.05) is 12.1 Å². The highest BCUT2D eigenvalue weighted by molar-refractivity contribution is 6.18. The summed E-state index contributed by atoms with van der Waals surface area (Å²) >= 11 is 6.10. The second-order valence-corrected chi connectivity index (χ2v) is 5.22. The van der Waals surface area contributed by atoms with E-state index in [4.69, 9.17) is 25.8 Å². The summed E-state index contributed by atoms with van der Waals surface area (Å²) in [6, 6.07) is 7.66. The zero-order chi connectivity index (χ0) is 14.3. The highest BCUT2D eigenvalue weighted by atomic mass is 35.5. The summed E-state index contributed by atoms with van der Waals surface area (Å²) in [5, 5.41) is 3.51. The molecule has 5 heteroatoms. The summed E-state index contributed by atoms with van der Waals surface area (Å²) in [6.45, 7) is 2.88. The highest BCUT2D eigenvalue weighted by Gasteiger charge is 2.30. The van der Waals surface area contributed by atoms with Crippen molar-refractivity contribution in [1.82, 2.24) is 5.32 Å². The predicted octanol–water partition coefficient (Wildman–Crippen LogP) is 2.45. The van der Waals surface area contributed by atoms with Gasteiger partial charge in [-0.3, -0.25) is 0 Å². The van der Waals surface area contributed by atoms with E-state index in [0.717, 1.165) is 44.1 Å². The van der Waals surface area contributed by atoms with Crippen LogP contribution in [0.15, 0.2) is 24.3 Å². The molecule has 1 aliphatic rings. The van der Waals surface area contributed by atoms with E-state index in [2.05, 4.69) is 5.32 Å². The number of rotatable bonds is 7. The fourth-order valence-electron chi connectivity index (χ4n) is 2.34. The van der Waals surface area contributed by atoms with E-state index >= 15 is 0 Å². The molecule has 0 aromatic heterocycles. The number of methoxy groups -OCH3 is 1. The Balaban J connectivity index is 1.78. The van der Waals surface area contributed by atoms with Gasteiger partial charge in [0, 0.05) is 31.2 Å². The number of ether oxygens (including phenoxy) is 3. The highest BCUT2D eigenvalue weighted by Crippen LogP contribution is 2.26. The van der Waals surface area contributed by atoms with E-state index in [1.165, 1.54) is 0 Å². The number of alkyl halides is 1. The summed E-state index contributed by atoms with van der Waals surface area (Å²) in [4.78, 5) is 0. The molecule has 0 spiro atoms. The zero-order valence-electron chi connectivity index (χ0n) is 11.9. The molecule has 1 fully saturated rings. The van der Waals surface area contributed by atoms with Gasteiger partial charge in [0.15, 0.2) is 11.5 Å². The Morgan fingerprint density at radius 3 is 2.60 bits per heavy atom. The molecule has 0 bridgehead atoms. The lowest BCUT2D eigenvalue weighted by Gasteiger charge is -2.36. The van der Waals surface area contributed by atoms with Gasteiger partial charge in [-0.25, -0.2) is 0 Å². The van der Waals surface area contributed by atoms with Crippen molar-refractivity contribution >= 4 is 11.6 Å². The second kappa shape index (κ2) is 7.72. The second-order valence-electron chi connectivity index (χ2n) is 4.95. The van der Waals surface area contributed by atoms with Crippen molar-refractivity contribution in [3.05, 3.63) is 24.3 Å². The van der Waals surface area contributed by atoms with Crippen molar-refractivity contribution in [3.8, 4) is 11.5 Å². The quantitative estimate of drug-likeness (QED) is 0.620. The van der Waals surface area contributed by atoms with Crippen LogP contribution in [0.1, 0.15) is 12.8 Å². The van der Waals surface area contributed by atoms with Gasteiger partial charge in [-0.15, -0.1) is 11.6 Å². The minimum absolute atomic E-state index is 0.00998. The Kier molecular flexibility index (Phi) is 5.95. The number of nitrogens with one attached hydrogen (secondary N) is 1. The Morgan fingerprint density at radius 2 is 1.95 bits per heavy atom. The van der Waals surface area contributed by atoms with Crippen LogP contribution in [0.2, 0.25) is 0 Å². The SMILES string of the molecule is COc1ccccc1OCCNC1(CCl)CCOCC1. The molecule has 0 saturated carbocycles. The molecule has 0 unspecified atom stereocenters. The third-order valence-electron chi connectivity index (χ3n) is 3.63. The molecular weight excluding hydrogens is 278 g/mol. The Bertz CT molecular complexity index is 408. The predicted molar refractivity (Wildman–Crippen MR) is 80.0 cm³/mol. The lowest BCUT2D eigenvalue weighted by atomic mass is 9.92. The first kappa shape index (κ1) is 15.4. The fourth-order valence-corrected chi connectivity index (χ4v) is 2.70. The summed E-state index contributed by atoms with van der Waals surface area (Å²) in [6.07, 6.45) is 1.90. The van der Waals surface area contributed by atoms with Gasteiger partial charge in [0.25, 0.3) is 0 Å². The molecular formula is C15H22ClNO3. The van der Waals surface area contributed by atoms with Crippen LogP contribution in [-0.4, -0.2) is 44.9 Å². The van der Waals surface area contributed by atoms with Crippen LogP contribution < -0.4 is 14.8 Å². The molecule has 1 heterocycles. The minimum Gasteiger partial charge on any atom is -0.493 e. The maximum atomic E-state index is 6.10. The maximum Gasteiger partial charge on any atom is 0.161 e. The molecule has 0 radical (unpaired) electrons. The molecule has 1 aromatic rings. The standard InChI is InChI=1S/C15H22ClNO3/c1-18-13-4-2-3-5-14(13)20-11-8-17-15(12-16)6-9-19-10-7-15/h2-5,17H,6-12H2,1H3. The summed E-state index contributed by atoms with van der Waals surface area (Å²) in [7, 11) is 1.64. The van der Waals surface area contributed by atoms with Gasteiger partial charge in [-0.2, -0.15) is 0 Å².